The molecule has 56 heavy (non-hydrogen) atoms. The van der Waals surface area contributed by atoms with Crippen LogP contribution in [-0.2, 0) is 17.9 Å². The van der Waals surface area contributed by atoms with Gasteiger partial charge < -0.3 is 45.6 Å². The standard InChI is InChI=1S/C44H46F2N2O8/c45-33-13-9-31(10-14-33)38(50)22-21-37-41(48(44(37)55)35-17-15-34(46)16-18-35)32-11-19-36(20-12-32)56-26-28-3-7-30(8-4-28)29-5-1-27(2-6-29)23-47-24-39(51)42(53)43(54)40(52)25-49/h1-20,37-43,47,49-54H,21-26H2. The number of nitrogens with zero attached hydrogens (tertiary/aromatic N) is 1. The highest BCUT2D eigenvalue weighted by atomic mass is 19.1. The van der Waals surface area contributed by atoms with Crippen molar-refractivity contribution in [2.75, 3.05) is 18.1 Å². The second kappa shape index (κ2) is 18.7. The van der Waals surface area contributed by atoms with E-state index in [-0.39, 0.29) is 24.3 Å². The summed E-state index contributed by atoms with van der Waals surface area (Å²) in [5.41, 5.74) is 5.94. The van der Waals surface area contributed by atoms with Gasteiger partial charge in [-0.25, -0.2) is 8.78 Å². The number of rotatable bonds is 18. The van der Waals surface area contributed by atoms with Crippen LogP contribution in [0.25, 0.3) is 11.1 Å². The van der Waals surface area contributed by atoms with Crippen LogP contribution in [0.4, 0.5) is 14.5 Å². The zero-order chi connectivity index (χ0) is 39.8. The van der Waals surface area contributed by atoms with Gasteiger partial charge in [0.05, 0.1) is 30.8 Å². The lowest BCUT2D eigenvalue weighted by Gasteiger charge is -2.48. The molecule has 0 spiro atoms. The van der Waals surface area contributed by atoms with Gasteiger partial charge in [-0.1, -0.05) is 72.8 Å². The summed E-state index contributed by atoms with van der Waals surface area (Å²) in [6, 6.07) is 34.5. The monoisotopic (exact) mass is 768 g/mol. The summed E-state index contributed by atoms with van der Waals surface area (Å²) in [6.07, 6.45) is -6.31. The zero-order valence-corrected chi connectivity index (χ0v) is 30.5. The lowest BCUT2D eigenvalue weighted by molar-refractivity contribution is -0.131. The van der Waals surface area contributed by atoms with Crippen molar-refractivity contribution in [3.05, 3.63) is 155 Å². The molecule has 1 amide bonds. The van der Waals surface area contributed by atoms with Crippen LogP contribution in [0.1, 0.15) is 47.2 Å². The van der Waals surface area contributed by atoms with Crippen molar-refractivity contribution in [3.63, 3.8) is 0 Å². The highest BCUT2D eigenvalue weighted by Crippen LogP contribution is 2.46. The molecule has 0 aromatic heterocycles. The van der Waals surface area contributed by atoms with Gasteiger partial charge in [-0.2, -0.15) is 0 Å². The van der Waals surface area contributed by atoms with Crippen LogP contribution in [-0.4, -0.2) is 74.1 Å². The summed E-state index contributed by atoms with van der Waals surface area (Å²) in [7, 11) is 0. The second-order valence-electron chi connectivity index (χ2n) is 14.1. The molecular weight excluding hydrogens is 722 g/mol. The molecular formula is C44H46F2N2O8. The number of carbonyl (C=O) groups excluding carboxylic acids is 1. The molecule has 0 aliphatic carbocycles. The summed E-state index contributed by atoms with van der Waals surface area (Å²) in [5.74, 6) is -0.676. The highest BCUT2D eigenvalue weighted by molar-refractivity contribution is 6.03. The zero-order valence-electron chi connectivity index (χ0n) is 30.5. The van der Waals surface area contributed by atoms with Crippen LogP contribution < -0.4 is 15.0 Å². The van der Waals surface area contributed by atoms with Crippen molar-refractivity contribution >= 4 is 11.6 Å². The predicted octanol–water partition coefficient (Wildman–Crippen LogP) is 4.95. The Balaban J connectivity index is 1.02. The number of aliphatic hydroxyl groups is 6. The fraction of sp³-hybridized carbons (Fsp3) is 0.295. The Bertz CT molecular complexity index is 2000. The predicted molar refractivity (Wildman–Crippen MR) is 206 cm³/mol. The van der Waals surface area contributed by atoms with Crippen molar-refractivity contribution in [1.29, 1.82) is 0 Å². The maximum Gasteiger partial charge on any atom is 0.233 e. The van der Waals surface area contributed by atoms with E-state index >= 15 is 0 Å². The third kappa shape index (κ3) is 9.84. The molecule has 1 aliphatic rings. The fourth-order valence-electron chi connectivity index (χ4n) is 6.87. The molecule has 10 nitrogen and oxygen atoms in total. The lowest BCUT2D eigenvalue weighted by atomic mass is 9.78. The third-order valence-electron chi connectivity index (χ3n) is 10.2. The first kappa shape index (κ1) is 40.6. The number of hydrogen-bond acceptors (Lipinski definition) is 9. The molecule has 294 valence electrons. The van der Waals surface area contributed by atoms with Gasteiger partial charge in [0.2, 0.25) is 5.91 Å². The average molecular weight is 769 g/mol. The van der Waals surface area contributed by atoms with E-state index < -0.39 is 48.9 Å². The van der Waals surface area contributed by atoms with Crippen molar-refractivity contribution < 1.29 is 49.0 Å². The summed E-state index contributed by atoms with van der Waals surface area (Å²) in [6.45, 7) is -0.0387. The minimum atomic E-state index is -1.67. The Morgan fingerprint density at radius 3 is 1.82 bits per heavy atom. The van der Waals surface area contributed by atoms with Gasteiger partial charge in [0.15, 0.2) is 0 Å². The topological polar surface area (TPSA) is 163 Å². The molecule has 0 radical (unpaired) electrons. The Labute approximate surface area is 323 Å². The van der Waals surface area contributed by atoms with Crippen molar-refractivity contribution in [1.82, 2.24) is 5.32 Å². The lowest BCUT2D eigenvalue weighted by Crippen LogP contribution is -2.55. The van der Waals surface area contributed by atoms with Crippen LogP contribution in [0.2, 0.25) is 0 Å². The molecule has 0 bridgehead atoms. The molecule has 1 aliphatic heterocycles. The van der Waals surface area contributed by atoms with E-state index in [1.165, 1.54) is 36.4 Å². The summed E-state index contributed by atoms with van der Waals surface area (Å²) >= 11 is 0. The normalized spacial score (nSPS) is 18.1. The number of amides is 1. The maximum absolute atomic E-state index is 13.7. The Kier molecular flexibility index (Phi) is 13.6. The first-order valence-electron chi connectivity index (χ1n) is 18.5. The highest BCUT2D eigenvalue weighted by Gasteiger charge is 2.48. The van der Waals surface area contributed by atoms with E-state index in [0.29, 0.717) is 43.0 Å². The third-order valence-corrected chi connectivity index (χ3v) is 10.2. The SMILES string of the molecule is O=C1C(CCC(O)c2ccc(F)cc2)C(c2ccc(OCc3ccc(-c4ccc(CNCC(O)C(O)C(O)C(O)CO)cc4)cc3)cc2)N1c1ccc(F)cc1. The van der Waals surface area contributed by atoms with E-state index in [2.05, 4.69) is 5.32 Å². The molecule has 1 saturated heterocycles. The molecule has 1 heterocycles. The van der Waals surface area contributed by atoms with E-state index in [4.69, 9.17) is 9.84 Å². The van der Waals surface area contributed by atoms with Gasteiger partial charge in [-0.3, -0.25) is 4.79 Å². The fourth-order valence-corrected chi connectivity index (χ4v) is 6.87. The second-order valence-corrected chi connectivity index (χ2v) is 14.1. The molecule has 5 aromatic rings. The molecule has 12 heteroatoms. The quantitative estimate of drug-likeness (QED) is 0.0612. The van der Waals surface area contributed by atoms with Gasteiger partial charge in [0, 0.05) is 18.8 Å². The number of nitrogens with one attached hydrogen (secondary N) is 1. The minimum absolute atomic E-state index is 0.0310. The van der Waals surface area contributed by atoms with Gasteiger partial charge >= 0.3 is 0 Å². The summed E-state index contributed by atoms with van der Waals surface area (Å²) < 4.78 is 33.2. The van der Waals surface area contributed by atoms with Crippen LogP contribution >= 0.6 is 0 Å². The van der Waals surface area contributed by atoms with E-state index in [1.54, 1.807) is 17.0 Å². The number of aliphatic hydroxyl groups excluding tert-OH is 6. The van der Waals surface area contributed by atoms with Crippen molar-refractivity contribution in [3.8, 4) is 16.9 Å². The van der Waals surface area contributed by atoms with Crippen LogP contribution in [0.5, 0.6) is 5.75 Å². The molecule has 7 atom stereocenters. The summed E-state index contributed by atoms with van der Waals surface area (Å²) in [4.78, 5) is 15.1. The van der Waals surface area contributed by atoms with Gasteiger partial charge in [0.25, 0.3) is 0 Å². The largest absolute Gasteiger partial charge is 0.489 e. The van der Waals surface area contributed by atoms with E-state index in [9.17, 15) is 39.1 Å². The van der Waals surface area contributed by atoms with Gasteiger partial charge in [0.1, 0.15) is 42.3 Å². The molecule has 0 saturated carbocycles. The molecule has 5 aromatic carbocycles. The number of anilines is 1. The Morgan fingerprint density at radius 1 is 0.679 bits per heavy atom. The number of β-lactam (4-membered cyclic amide) rings is 1. The number of benzene rings is 5. The summed E-state index contributed by atoms with van der Waals surface area (Å²) in [5, 5.41) is 62.0. The number of carbonyl (C=O) groups is 1. The average Bonchev–Trinajstić information content (AvgIpc) is 3.22. The maximum atomic E-state index is 13.7. The van der Waals surface area contributed by atoms with Crippen LogP contribution in [0.15, 0.2) is 121 Å². The van der Waals surface area contributed by atoms with Gasteiger partial charge in [-0.15, -0.1) is 0 Å². The van der Waals surface area contributed by atoms with Crippen molar-refractivity contribution in [2.24, 2.45) is 5.92 Å². The smallest absolute Gasteiger partial charge is 0.233 e. The Morgan fingerprint density at radius 2 is 1.23 bits per heavy atom. The molecule has 1 fully saturated rings. The van der Waals surface area contributed by atoms with Gasteiger partial charge in [-0.05, 0) is 94.8 Å². The first-order chi connectivity index (χ1) is 27.0. The van der Waals surface area contributed by atoms with Crippen LogP contribution in [0, 0.1) is 17.6 Å². The minimum Gasteiger partial charge on any atom is -0.489 e. The molecule has 7 N–H and O–H groups in total. The first-order valence-corrected chi connectivity index (χ1v) is 18.5. The number of hydrogen-bond donors (Lipinski definition) is 7. The molecule has 7 unspecified atom stereocenters. The van der Waals surface area contributed by atoms with E-state index in [1.807, 2.05) is 72.8 Å². The number of ether oxygens (including phenoxy) is 1. The van der Waals surface area contributed by atoms with Crippen LogP contribution in [0.3, 0.4) is 0 Å². The number of halogens is 2. The molecule has 6 rings (SSSR count). The van der Waals surface area contributed by atoms with E-state index in [0.717, 1.165) is 27.8 Å². The van der Waals surface area contributed by atoms with Crippen molar-refractivity contribution in [2.45, 2.75) is 62.6 Å². The Hall–Kier alpha value is -5.05.